The highest BCUT2D eigenvalue weighted by Gasteiger charge is 2.20. The molecule has 1 aliphatic heterocycles. The number of β-amino-alcohol motifs (C(OH)–C–C–N with tert-alkyl or cyclic N) is 1. The number of aliphatic hydroxyl groups is 1. The minimum Gasteiger partial charge on any atom is -0.392 e. The standard InChI is InChI=1S/C16H22N4O/c1-12-4-3-5-14-15(12)17-11-18-16(14)20-8-6-19(7-9-20)10-13(2)21/h3-5,11,13,21H,6-10H2,1-2H3/t13-/m1/s1. The number of piperazine rings is 1. The van der Waals surface area contributed by atoms with E-state index in [1.54, 1.807) is 6.33 Å². The van der Waals surface area contributed by atoms with Gasteiger partial charge in [-0.1, -0.05) is 12.1 Å². The molecule has 0 bridgehead atoms. The molecule has 21 heavy (non-hydrogen) atoms. The second-order valence-electron chi connectivity index (χ2n) is 5.81. The van der Waals surface area contributed by atoms with Gasteiger partial charge in [-0.15, -0.1) is 0 Å². The third-order valence-corrected chi connectivity index (χ3v) is 4.04. The van der Waals surface area contributed by atoms with Crippen LogP contribution in [0.2, 0.25) is 0 Å². The van der Waals surface area contributed by atoms with Crippen molar-refractivity contribution in [1.82, 2.24) is 14.9 Å². The number of rotatable bonds is 3. The molecule has 0 saturated carbocycles. The number of para-hydroxylation sites is 1. The van der Waals surface area contributed by atoms with Crippen LogP contribution in [0.15, 0.2) is 24.5 Å². The Kier molecular flexibility index (Phi) is 4.03. The van der Waals surface area contributed by atoms with Gasteiger partial charge in [-0.2, -0.15) is 0 Å². The number of hydrogen-bond acceptors (Lipinski definition) is 5. The lowest BCUT2D eigenvalue weighted by Gasteiger charge is -2.36. The second kappa shape index (κ2) is 5.95. The van der Waals surface area contributed by atoms with Crippen LogP contribution in [0.3, 0.4) is 0 Å². The Morgan fingerprint density at radius 1 is 1.19 bits per heavy atom. The van der Waals surface area contributed by atoms with Gasteiger partial charge in [0.1, 0.15) is 12.1 Å². The molecule has 3 rings (SSSR count). The van der Waals surface area contributed by atoms with E-state index in [0.717, 1.165) is 49.4 Å². The van der Waals surface area contributed by atoms with E-state index in [1.165, 1.54) is 5.56 Å². The van der Waals surface area contributed by atoms with Crippen LogP contribution in [0.1, 0.15) is 12.5 Å². The fourth-order valence-corrected chi connectivity index (χ4v) is 2.99. The maximum Gasteiger partial charge on any atom is 0.139 e. The first kappa shape index (κ1) is 14.2. The number of aliphatic hydroxyl groups excluding tert-OH is 1. The van der Waals surface area contributed by atoms with E-state index in [1.807, 2.05) is 6.92 Å². The van der Waals surface area contributed by atoms with Gasteiger partial charge in [-0.25, -0.2) is 9.97 Å². The number of hydrogen-bond donors (Lipinski definition) is 1. The van der Waals surface area contributed by atoms with Crippen molar-refractivity contribution in [2.24, 2.45) is 0 Å². The first-order valence-corrected chi connectivity index (χ1v) is 7.51. The molecule has 1 saturated heterocycles. The molecule has 0 radical (unpaired) electrons. The highest BCUT2D eigenvalue weighted by molar-refractivity contribution is 5.91. The van der Waals surface area contributed by atoms with Gasteiger partial charge in [-0.05, 0) is 25.5 Å². The maximum absolute atomic E-state index is 9.48. The largest absolute Gasteiger partial charge is 0.392 e. The van der Waals surface area contributed by atoms with E-state index in [0.29, 0.717) is 0 Å². The van der Waals surface area contributed by atoms with Crippen LogP contribution in [0.5, 0.6) is 0 Å². The molecule has 0 unspecified atom stereocenters. The molecule has 0 aliphatic carbocycles. The lowest BCUT2D eigenvalue weighted by molar-refractivity contribution is 0.122. The van der Waals surface area contributed by atoms with E-state index in [4.69, 9.17) is 0 Å². The van der Waals surface area contributed by atoms with Gasteiger partial charge >= 0.3 is 0 Å². The second-order valence-corrected chi connectivity index (χ2v) is 5.81. The molecule has 2 heterocycles. The summed E-state index contributed by atoms with van der Waals surface area (Å²) < 4.78 is 0. The lowest BCUT2D eigenvalue weighted by atomic mass is 10.1. The Balaban J connectivity index is 1.81. The fraction of sp³-hybridized carbons (Fsp3) is 0.500. The van der Waals surface area contributed by atoms with Crippen molar-refractivity contribution in [1.29, 1.82) is 0 Å². The number of aromatic nitrogens is 2. The summed E-state index contributed by atoms with van der Waals surface area (Å²) in [4.78, 5) is 13.5. The van der Waals surface area contributed by atoms with Crippen LogP contribution in [0.25, 0.3) is 10.9 Å². The zero-order valence-corrected chi connectivity index (χ0v) is 12.7. The molecular formula is C16H22N4O. The highest BCUT2D eigenvalue weighted by Crippen LogP contribution is 2.25. The summed E-state index contributed by atoms with van der Waals surface area (Å²) in [5, 5.41) is 10.6. The van der Waals surface area contributed by atoms with Gasteiger partial charge in [0.2, 0.25) is 0 Å². The number of aryl methyl sites for hydroxylation is 1. The van der Waals surface area contributed by atoms with Crippen LogP contribution in [-0.4, -0.2) is 58.8 Å². The predicted octanol–water partition coefficient (Wildman–Crippen LogP) is 1.44. The Morgan fingerprint density at radius 3 is 2.67 bits per heavy atom. The van der Waals surface area contributed by atoms with Crippen LogP contribution in [0.4, 0.5) is 5.82 Å². The number of anilines is 1. The van der Waals surface area contributed by atoms with Gasteiger partial charge in [-0.3, -0.25) is 4.90 Å². The van der Waals surface area contributed by atoms with E-state index in [-0.39, 0.29) is 6.10 Å². The summed E-state index contributed by atoms with van der Waals surface area (Å²) in [6.07, 6.45) is 1.39. The molecule has 1 N–H and O–H groups in total. The SMILES string of the molecule is Cc1cccc2c(N3CCN(C[C@@H](C)O)CC3)ncnc12. The third kappa shape index (κ3) is 2.99. The van der Waals surface area contributed by atoms with Crippen LogP contribution < -0.4 is 4.90 Å². The van der Waals surface area contributed by atoms with Crippen molar-refractivity contribution in [3.05, 3.63) is 30.1 Å². The number of nitrogens with zero attached hydrogens (tertiary/aromatic N) is 4. The molecule has 1 atom stereocenters. The minimum atomic E-state index is -0.265. The van der Waals surface area contributed by atoms with Gasteiger partial charge in [0.25, 0.3) is 0 Å². The molecule has 5 nitrogen and oxygen atoms in total. The fourth-order valence-electron chi connectivity index (χ4n) is 2.99. The van der Waals surface area contributed by atoms with Gasteiger partial charge < -0.3 is 10.0 Å². The molecule has 0 spiro atoms. The van der Waals surface area contributed by atoms with Crippen molar-refractivity contribution in [2.45, 2.75) is 20.0 Å². The van der Waals surface area contributed by atoms with Crippen LogP contribution in [-0.2, 0) is 0 Å². The number of fused-ring (bicyclic) bond motifs is 1. The van der Waals surface area contributed by atoms with E-state index in [9.17, 15) is 5.11 Å². The van der Waals surface area contributed by atoms with Crippen LogP contribution >= 0.6 is 0 Å². The summed E-state index contributed by atoms with van der Waals surface area (Å²) in [7, 11) is 0. The van der Waals surface area contributed by atoms with Gasteiger partial charge in [0, 0.05) is 38.1 Å². The van der Waals surface area contributed by atoms with Gasteiger partial charge in [0.15, 0.2) is 0 Å². The number of benzene rings is 1. The first-order chi connectivity index (χ1) is 10.1. The summed E-state index contributed by atoms with van der Waals surface area (Å²) >= 11 is 0. The summed E-state index contributed by atoms with van der Waals surface area (Å²) in [5.41, 5.74) is 2.22. The molecule has 1 aromatic carbocycles. The van der Waals surface area contributed by atoms with Crippen molar-refractivity contribution < 1.29 is 5.11 Å². The van der Waals surface area contributed by atoms with E-state index in [2.05, 4.69) is 44.9 Å². The van der Waals surface area contributed by atoms with Crippen molar-refractivity contribution in [2.75, 3.05) is 37.6 Å². The van der Waals surface area contributed by atoms with Gasteiger partial charge in [0.05, 0.1) is 11.6 Å². The Labute approximate surface area is 125 Å². The highest BCUT2D eigenvalue weighted by atomic mass is 16.3. The first-order valence-electron chi connectivity index (χ1n) is 7.51. The Hall–Kier alpha value is -1.72. The Morgan fingerprint density at radius 2 is 1.95 bits per heavy atom. The molecule has 0 amide bonds. The smallest absolute Gasteiger partial charge is 0.139 e. The van der Waals surface area contributed by atoms with Crippen molar-refractivity contribution in [3.63, 3.8) is 0 Å². The van der Waals surface area contributed by atoms with E-state index >= 15 is 0 Å². The summed E-state index contributed by atoms with van der Waals surface area (Å²) in [6.45, 7) is 8.47. The predicted molar refractivity (Wildman–Crippen MR) is 84.6 cm³/mol. The summed E-state index contributed by atoms with van der Waals surface area (Å²) in [5.74, 6) is 1.03. The normalized spacial score (nSPS) is 18.1. The quantitative estimate of drug-likeness (QED) is 0.925. The average Bonchev–Trinajstić information content (AvgIpc) is 2.48. The molecule has 112 valence electrons. The summed E-state index contributed by atoms with van der Waals surface area (Å²) in [6, 6.07) is 6.24. The average molecular weight is 286 g/mol. The molecule has 2 aromatic rings. The molecule has 1 fully saturated rings. The molecule has 1 aromatic heterocycles. The van der Waals surface area contributed by atoms with Crippen LogP contribution in [0, 0.1) is 6.92 Å². The van der Waals surface area contributed by atoms with E-state index < -0.39 is 0 Å². The van der Waals surface area contributed by atoms with Crippen molar-refractivity contribution in [3.8, 4) is 0 Å². The molecular weight excluding hydrogens is 264 g/mol. The Bertz CT molecular complexity index is 621. The maximum atomic E-state index is 9.48. The zero-order chi connectivity index (χ0) is 14.8. The molecule has 1 aliphatic rings. The molecule has 5 heteroatoms. The zero-order valence-electron chi connectivity index (χ0n) is 12.7. The topological polar surface area (TPSA) is 52.5 Å². The monoisotopic (exact) mass is 286 g/mol. The lowest BCUT2D eigenvalue weighted by Crippen LogP contribution is -2.48. The third-order valence-electron chi connectivity index (χ3n) is 4.04. The minimum absolute atomic E-state index is 0.265. The van der Waals surface area contributed by atoms with Crippen molar-refractivity contribution >= 4 is 16.7 Å².